The number of benzene rings is 1. The number of anilines is 1. The lowest BCUT2D eigenvalue weighted by molar-refractivity contribution is -0.0497. The minimum absolute atomic E-state index is 0.0324. The molecule has 0 aliphatic rings. The first-order valence-corrected chi connectivity index (χ1v) is 6.31. The van der Waals surface area contributed by atoms with Crippen molar-refractivity contribution in [1.82, 2.24) is 0 Å². The van der Waals surface area contributed by atoms with Crippen LogP contribution in [-0.2, 0) is 4.74 Å². The number of alkyl halides is 2. The summed E-state index contributed by atoms with van der Waals surface area (Å²) in [6, 6.07) is 4.74. The smallest absolute Gasteiger partial charge is 0.387 e. The molecule has 0 bridgehead atoms. The predicted octanol–water partition coefficient (Wildman–Crippen LogP) is 4.02. The van der Waals surface area contributed by atoms with Crippen LogP contribution in [0.4, 0.5) is 14.5 Å². The Bertz CT molecular complexity index is 402. The third-order valence-electron chi connectivity index (χ3n) is 2.65. The summed E-state index contributed by atoms with van der Waals surface area (Å²) in [5, 5.41) is 3.39. The number of hydrogen-bond donors (Lipinski definition) is 1. The molecule has 19 heavy (non-hydrogen) atoms. The van der Waals surface area contributed by atoms with Crippen LogP contribution in [0.1, 0.15) is 13.8 Å². The van der Waals surface area contributed by atoms with E-state index in [0.717, 1.165) is 5.69 Å². The summed E-state index contributed by atoms with van der Waals surface area (Å²) in [4.78, 5) is 0. The van der Waals surface area contributed by atoms with Gasteiger partial charge in [0.15, 0.2) is 0 Å². The highest BCUT2D eigenvalue weighted by Gasteiger charge is 2.14. The molecule has 0 heterocycles. The van der Waals surface area contributed by atoms with Crippen molar-refractivity contribution in [2.24, 2.45) is 5.92 Å². The summed E-state index contributed by atoms with van der Waals surface area (Å²) in [7, 11) is 1.63. The second kappa shape index (κ2) is 7.50. The standard InChI is InChI=1S/C13H18ClF2NO2/c1-8(2)11(7-18-3)17-9-4-5-12(10(14)6-9)19-13(15)16/h4-6,8,11,13,17H,7H2,1-3H3. The van der Waals surface area contributed by atoms with Gasteiger partial charge in [0, 0.05) is 12.8 Å². The molecule has 3 nitrogen and oxygen atoms in total. The van der Waals surface area contributed by atoms with Gasteiger partial charge in [-0.15, -0.1) is 0 Å². The van der Waals surface area contributed by atoms with Gasteiger partial charge in [-0.05, 0) is 24.1 Å². The van der Waals surface area contributed by atoms with Crippen molar-refractivity contribution in [2.75, 3.05) is 19.0 Å². The molecule has 1 atom stereocenters. The molecular weight excluding hydrogens is 276 g/mol. The van der Waals surface area contributed by atoms with E-state index in [1.54, 1.807) is 19.2 Å². The fourth-order valence-electron chi connectivity index (χ4n) is 1.58. The van der Waals surface area contributed by atoms with Crippen molar-refractivity contribution in [3.05, 3.63) is 23.2 Å². The molecule has 1 aromatic rings. The Labute approximate surface area is 116 Å². The van der Waals surface area contributed by atoms with Crippen LogP contribution in [-0.4, -0.2) is 26.4 Å². The molecule has 0 spiro atoms. The second-order valence-electron chi connectivity index (χ2n) is 4.47. The number of nitrogens with one attached hydrogen (secondary N) is 1. The Morgan fingerprint density at radius 2 is 2.00 bits per heavy atom. The lowest BCUT2D eigenvalue weighted by Crippen LogP contribution is -2.30. The number of hydrogen-bond acceptors (Lipinski definition) is 3. The summed E-state index contributed by atoms with van der Waals surface area (Å²) >= 11 is 5.88. The topological polar surface area (TPSA) is 30.5 Å². The van der Waals surface area contributed by atoms with Gasteiger partial charge in [0.25, 0.3) is 0 Å². The molecule has 0 fully saturated rings. The van der Waals surface area contributed by atoms with Gasteiger partial charge in [0.2, 0.25) is 0 Å². The molecule has 6 heteroatoms. The van der Waals surface area contributed by atoms with Gasteiger partial charge < -0.3 is 14.8 Å². The Kier molecular flexibility index (Phi) is 6.31. The SMILES string of the molecule is COCC(Nc1ccc(OC(F)F)c(Cl)c1)C(C)C. The first-order chi connectivity index (χ1) is 8.93. The lowest BCUT2D eigenvalue weighted by Gasteiger charge is -2.23. The normalized spacial score (nSPS) is 12.8. The maximum atomic E-state index is 12.1. The number of ether oxygens (including phenoxy) is 2. The Balaban J connectivity index is 2.76. The number of halogens is 3. The first-order valence-electron chi connectivity index (χ1n) is 5.94. The fourth-order valence-corrected chi connectivity index (χ4v) is 1.80. The number of methoxy groups -OCH3 is 1. The van der Waals surface area contributed by atoms with Crippen molar-refractivity contribution in [3.8, 4) is 5.75 Å². The highest BCUT2D eigenvalue weighted by Crippen LogP contribution is 2.29. The molecule has 108 valence electrons. The molecule has 0 amide bonds. The van der Waals surface area contributed by atoms with Crippen molar-refractivity contribution in [3.63, 3.8) is 0 Å². The van der Waals surface area contributed by atoms with E-state index in [0.29, 0.717) is 12.5 Å². The van der Waals surface area contributed by atoms with Crippen molar-refractivity contribution < 1.29 is 18.3 Å². The average Bonchev–Trinajstić information content (AvgIpc) is 2.31. The average molecular weight is 294 g/mol. The summed E-state index contributed by atoms with van der Waals surface area (Å²) in [5.41, 5.74) is 0.738. The van der Waals surface area contributed by atoms with Crippen molar-refractivity contribution in [2.45, 2.75) is 26.5 Å². The van der Waals surface area contributed by atoms with Crippen LogP contribution in [0.5, 0.6) is 5.75 Å². The molecule has 1 rings (SSSR count). The molecule has 0 saturated carbocycles. The van der Waals surface area contributed by atoms with Gasteiger partial charge in [-0.1, -0.05) is 25.4 Å². The summed E-state index contributed by atoms with van der Waals surface area (Å²) < 4.78 is 33.6. The molecule has 0 aliphatic carbocycles. The minimum Gasteiger partial charge on any atom is -0.433 e. The summed E-state index contributed by atoms with van der Waals surface area (Å²) in [6.07, 6.45) is 0. The third kappa shape index (κ3) is 5.20. The summed E-state index contributed by atoms with van der Waals surface area (Å²) in [5.74, 6) is 0.325. The van der Waals surface area contributed by atoms with Gasteiger partial charge in [0.05, 0.1) is 17.7 Å². The van der Waals surface area contributed by atoms with Crippen LogP contribution in [0.3, 0.4) is 0 Å². The Morgan fingerprint density at radius 1 is 1.32 bits per heavy atom. The molecule has 0 aromatic heterocycles. The van der Waals surface area contributed by atoms with Crippen LogP contribution in [0.15, 0.2) is 18.2 Å². The zero-order valence-corrected chi connectivity index (χ0v) is 11.9. The largest absolute Gasteiger partial charge is 0.433 e. The lowest BCUT2D eigenvalue weighted by atomic mass is 10.1. The van der Waals surface area contributed by atoms with Gasteiger partial charge in [-0.2, -0.15) is 8.78 Å². The van der Waals surface area contributed by atoms with E-state index in [1.165, 1.54) is 6.07 Å². The second-order valence-corrected chi connectivity index (χ2v) is 4.88. The maximum Gasteiger partial charge on any atom is 0.387 e. The molecule has 0 radical (unpaired) electrons. The van der Waals surface area contributed by atoms with Gasteiger partial charge in [-0.25, -0.2) is 0 Å². The molecule has 1 aromatic carbocycles. The van der Waals surface area contributed by atoms with Gasteiger partial charge in [0.1, 0.15) is 5.75 Å². The van der Waals surface area contributed by atoms with Crippen molar-refractivity contribution in [1.29, 1.82) is 0 Å². The maximum absolute atomic E-state index is 12.1. The van der Waals surface area contributed by atoms with Crippen molar-refractivity contribution >= 4 is 17.3 Å². The Hall–Kier alpha value is -1.07. The van der Waals surface area contributed by atoms with E-state index in [4.69, 9.17) is 16.3 Å². The summed E-state index contributed by atoms with van der Waals surface area (Å²) in [6.45, 7) is 1.79. The van der Waals surface area contributed by atoms with Crippen LogP contribution in [0.25, 0.3) is 0 Å². The van der Waals surface area contributed by atoms with Crippen LogP contribution >= 0.6 is 11.6 Å². The van der Waals surface area contributed by atoms with Gasteiger partial charge >= 0.3 is 6.61 Å². The van der Waals surface area contributed by atoms with Crippen LogP contribution in [0.2, 0.25) is 5.02 Å². The van der Waals surface area contributed by atoms with E-state index in [9.17, 15) is 8.78 Å². The van der Waals surface area contributed by atoms with Crippen LogP contribution in [0, 0.1) is 5.92 Å². The van der Waals surface area contributed by atoms with E-state index in [2.05, 4.69) is 23.9 Å². The molecule has 0 saturated heterocycles. The van der Waals surface area contributed by atoms with Gasteiger partial charge in [-0.3, -0.25) is 0 Å². The molecule has 1 unspecified atom stereocenters. The highest BCUT2D eigenvalue weighted by atomic mass is 35.5. The van der Waals surface area contributed by atoms with E-state index in [1.807, 2.05) is 0 Å². The third-order valence-corrected chi connectivity index (χ3v) is 2.95. The quantitative estimate of drug-likeness (QED) is 0.823. The Morgan fingerprint density at radius 3 is 2.47 bits per heavy atom. The van der Waals surface area contributed by atoms with E-state index < -0.39 is 6.61 Å². The number of rotatable bonds is 7. The zero-order chi connectivity index (χ0) is 14.4. The monoisotopic (exact) mass is 293 g/mol. The highest BCUT2D eigenvalue weighted by molar-refractivity contribution is 6.32. The van der Waals surface area contributed by atoms with Crippen LogP contribution < -0.4 is 10.1 Å². The zero-order valence-electron chi connectivity index (χ0n) is 11.1. The first kappa shape index (κ1) is 16.0. The van der Waals surface area contributed by atoms with E-state index in [-0.39, 0.29) is 16.8 Å². The van der Waals surface area contributed by atoms with E-state index >= 15 is 0 Å². The predicted molar refractivity (Wildman–Crippen MR) is 72.2 cm³/mol. The minimum atomic E-state index is -2.88. The molecular formula is C13H18ClF2NO2. The molecule has 1 N–H and O–H groups in total. The molecule has 0 aliphatic heterocycles. The fraction of sp³-hybridized carbons (Fsp3) is 0.538.